The van der Waals surface area contributed by atoms with E-state index in [1.54, 1.807) is 29.6 Å². The van der Waals surface area contributed by atoms with Crippen molar-refractivity contribution in [2.45, 2.75) is 25.3 Å². The van der Waals surface area contributed by atoms with E-state index in [0.717, 1.165) is 11.3 Å². The molecule has 1 aromatic carbocycles. The number of rotatable bonds is 4. The Labute approximate surface area is 160 Å². The van der Waals surface area contributed by atoms with Gasteiger partial charge in [0.1, 0.15) is 5.76 Å². The SMILES string of the molecule is Cc1cc(S(=O)(=O)N2CCN(Cc3ccco3)CC2)c(C)cc1Cl.[Cl-]. The normalized spacial score (nSPS) is 16.6. The van der Waals surface area contributed by atoms with Crippen molar-refractivity contribution < 1.29 is 25.2 Å². The van der Waals surface area contributed by atoms with Gasteiger partial charge in [0.2, 0.25) is 10.0 Å². The van der Waals surface area contributed by atoms with Crippen LogP contribution in [-0.4, -0.2) is 43.8 Å². The van der Waals surface area contributed by atoms with Crippen LogP contribution in [0.4, 0.5) is 0 Å². The van der Waals surface area contributed by atoms with Gasteiger partial charge in [0.25, 0.3) is 0 Å². The molecule has 0 spiro atoms. The van der Waals surface area contributed by atoms with Crippen molar-refractivity contribution in [3.8, 4) is 0 Å². The molecule has 0 unspecified atom stereocenters. The standard InChI is InChI=1S/C17H21ClN2O3S.ClH/c1-13-11-17(14(2)10-16(13)18)24(21,22)20-7-5-19(6-8-20)12-15-4-3-9-23-15;/h3-4,9-11H,5-8,12H2,1-2H3;1H/p-1. The summed E-state index contributed by atoms with van der Waals surface area (Å²) in [6, 6.07) is 7.18. The molecule has 1 fully saturated rings. The van der Waals surface area contributed by atoms with E-state index in [-0.39, 0.29) is 12.4 Å². The molecule has 1 aliphatic heterocycles. The third kappa shape index (κ3) is 4.38. The topological polar surface area (TPSA) is 53.8 Å². The fraction of sp³-hybridized carbons (Fsp3) is 0.412. The number of aryl methyl sites for hydroxylation is 2. The molecule has 0 radical (unpaired) electrons. The van der Waals surface area contributed by atoms with Crippen molar-refractivity contribution in [3.63, 3.8) is 0 Å². The van der Waals surface area contributed by atoms with Crippen molar-refractivity contribution in [2.75, 3.05) is 26.2 Å². The zero-order valence-electron chi connectivity index (χ0n) is 14.2. The Balaban J connectivity index is 0.00000225. The predicted octanol–water partition coefficient (Wildman–Crippen LogP) is 0.0603. The van der Waals surface area contributed by atoms with Crippen LogP contribution < -0.4 is 12.4 Å². The molecule has 0 amide bonds. The third-order valence-corrected chi connectivity index (χ3v) is 6.81. The number of halogens is 2. The van der Waals surface area contributed by atoms with E-state index in [2.05, 4.69) is 4.90 Å². The van der Waals surface area contributed by atoms with Gasteiger partial charge in [0.15, 0.2) is 0 Å². The van der Waals surface area contributed by atoms with Crippen LogP contribution in [0.3, 0.4) is 0 Å². The van der Waals surface area contributed by atoms with Crippen LogP contribution in [0, 0.1) is 13.8 Å². The quantitative estimate of drug-likeness (QED) is 0.724. The van der Waals surface area contributed by atoms with Crippen molar-refractivity contribution in [3.05, 3.63) is 52.4 Å². The Morgan fingerprint density at radius 1 is 1.12 bits per heavy atom. The molecule has 1 saturated heterocycles. The minimum Gasteiger partial charge on any atom is -1.00 e. The minimum atomic E-state index is -3.49. The summed E-state index contributed by atoms with van der Waals surface area (Å²) in [7, 11) is -3.49. The lowest BCUT2D eigenvalue weighted by Crippen LogP contribution is -3.00. The van der Waals surface area contributed by atoms with E-state index >= 15 is 0 Å². The summed E-state index contributed by atoms with van der Waals surface area (Å²) in [4.78, 5) is 2.55. The van der Waals surface area contributed by atoms with Crippen LogP contribution in [-0.2, 0) is 16.6 Å². The van der Waals surface area contributed by atoms with E-state index in [1.165, 1.54) is 0 Å². The summed E-state index contributed by atoms with van der Waals surface area (Å²) in [5.41, 5.74) is 1.46. The second-order valence-electron chi connectivity index (χ2n) is 6.13. The van der Waals surface area contributed by atoms with Gasteiger partial charge in [-0.1, -0.05) is 11.6 Å². The molecule has 2 heterocycles. The van der Waals surface area contributed by atoms with Gasteiger partial charge in [0.05, 0.1) is 17.7 Å². The van der Waals surface area contributed by atoms with Crippen molar-refractivity contribution in [2.24, 2.45) is 0 Å². The van der Waals surface area contributed by atoms with Gasteiger partial charge < -0.3 is 16.8 Å². The van der Waals surface area contributed by atoms with Gasteiger partial charge in [-0.15, -0.1) is 0 Å². The lowest BCUT2D eigenvalue weighted by atomic mass is 10.2. The molecule has 0 bridgehead atoms. The lowest BCUT2D eigenvalue weighted by Gasteiger charge is -2.33. The molecule has 5 nitrogen and oxygen atoms in total. The highest BCUT2D eigenvalue weighted by atomic mass is 35.5. The van der Waals surface area contributed by atoms with Crippen molar-refractivity contribution in [1.82, 2.24) is 9.21 Å². The average Bonchev–Trinajstić information content (AvgIpc) is 3.04. The molecule has 0 aliphatic carbocycles. The first-order valence-corrected chi connectivity index (χ1v) is 9.71. The number of hydrogen-bond acceptors (Lipinski definition) is 4. The molecule has 1 aromatic heterocycles. The molecule has 25 heavy (non-hydrogen) atoms. The van der Waals surface area contributed by atoms with Gasteiger partial charge in [-0.05, 0) is 49.2 Å². The zero-order chi connectivity index (χ0) is 17.3. The van der Waals surface area contributed by atoms with Crippen LogP contribution in [0.5, 0.6) is 0 Å². The van der Waals surface area contributed by atoms with Crippen LogP contribution >= 0.6 is 11.6 Å². The van der Waals surface area contributed by atoms with Crippen LogP contribution in [0.2, 0.25) is 5.02 Å². The van der Waals surface area contributed by atoms with Crippen molar-refractivity contribution >= 4 is 21.6 Å². The van der Waals surface area contributed by atoms with E-state index in [1.807, 2.05) is 19.1 Å². The minimum absolute atomic E-state index is 0. The number of sulfonamides is 1. The van der Waals surface area contributed by atoms with Gasteiger partial charge in [-0.25, -0.2) is 8.42 Å². The second-order valence-corrected chi connectivity index (χ2v) is 8.44. The number of benzene rings is 1. The lowest BCUT2D eigenvalue weighted by molar-refractivity contribution is -0.00000829. The smallest absolute Gasteiger partial charge is 0.243 e. The summed E-state index contributed by atoms with van der Waals surface area (Å²) < 4.78 is 32.8. The highest BCUT2D eigenvalue weighted by Gasteiger charge is 2.30. The maximum Gasteiger partial charge on any atom is 0.243 e. The maximum absolute atomic E-state index is 12.9. The van der Waals surface area contributed by atoms with E-state index in [4.69, 9.17) is 16.0 Å². The first kappa shape index (κ1) is 20.3. The number of hydrogen-bond donors (Lipinski definition) is 0. The zero-order valence-corrected chi connectivity index (χ0v) is 16.5. The summed E-state index contributed by atoms with van der Waals surface area (Å²) in [5.74, 6) is 0.899. The largest absolute Gasteiger partial charge is 1.00 e. The van der Waals surface area contributed by atoms with Gasteiger partial charge >= 0.3 is 0 Å². The third-order valence-electron chi connectivity index (χ3n) is 4.36. The second kappa shape index (κ2) is 8.10. The fourth-order valence-electron chi connectivity index (χ4n) is 2.92. The maximum atomic E-state index is 12.9. The van der Waals surface area contributed by atoms with E-state index < -0.39 is 10.0 Å². The Morgan fingerprint density at radius 3 is 2.40 bits per heavy atom. The number of piperazine rings is 1. The Hall–Kier alpha value is -1.05. The van der Waals surface area contributed by atoms with E-state index in [9.17, 15) is 8.42 Å². The summed E-state index contributed by atoms with van der Waals surface area (Å²) in [6.07, 6.45) is 1.65. The first-order valence-electron chi connectivity index (χ1n) is 7.89. The summed E-state index contributed by atoms with van der Waals surface area (Å²) >= 11 is 6.08. The summed E-state index contributed by atoms with van der Waals surface area (Å²) in [6.45, 7) is 6.64. The molecule has 0 saturated carbocycles. The Kier molecular flexibility index (Phi) is 6.56. The van der Waals surface area contributed by atoms with Gasteiger partial charge in [-0.2, -0.15) is 4.31 Å². The van der Waals surface area contributed by atoms with Crippen molar-refractivity contribution in [1.29, 1.82) is 0 Å². The number of furan rings is 1. The number of nitrogens with zero attached hydrogens (tertiary/aromatic N) is 2. The average molecular weight is 404 g/mol. The predicted molar refractivity (Wildman–Crippen MR) is 93.7 cm³/mol. The van der Waals surface area contributed by atoms with Crippen LogP contribution in [0.15, 0.2) is 39.8 Å². The van der Waals surface area contributed by atoms with E-state index in [0.29, 0.717) is 48.2 Å². The fourth-order valence-corrected chi connectivity index (χ4v) is 4.85. The molecule has 138 valence electrons. The molecule has 3 rings (SSSR count). The monoisotopic (exact) mass is 403 g/mol. The molecule has 0 atom stereocenters. The Bertz CT molecular complexity index is 815. The summed E-state index contributed by atoms with van der Waals surface area (Å²) in [5, 5.41) is 0.592. The van der Waals surface area contributed by atoms with Crippen LogP contribution in [0.25, 0.3) is 0 Å². The molecule has 2 aromatic rings. The van der Waals surface area contributed by atoms with Gasteiger partial charge in [-0.3, -0.25) is 4.90 Å². The van der Waals surface area contributed by atoms with Gasteiger partial charge in [0, 0.05) is 31.2 Å². The molecule has 8 heteroatoms. The highest BCUT2D eigenvalue weighted by Crippen LogP contribution is 2.27. The molecule has 0 N–H and O–H groups in total. The Morgan fingerprint density at radius 2 is 1.80 bits per heavy atom. The first-order chi connectivity index (χ1) is 11.4. The molecule has 1 aliphatic rings. The highest BCUT2D eigenvalue weighted by molar-refractivity contribution is 7.89. The van der Waals surface area contributed by atoms with Crippen LogP contribution in [0.1, 0.15) is 16.9 Å². The molecular weight excluding hydrogens is 383 g/mol. The molecular formula is C17H21Cl2N2O3S-.